The first-order valence-electron chi connectivity index (χ1n) is 15.4. The van der Waals surface area contributed by atoms with Crippen LogP contribution in [-0.4, -0.2) is 109 Å². The van der Waals surface area contributed by atoms with Crippen LogP contribution in [0.3, 0.4) is 0 Å². The Labute approximate surface area is 268 Å². The Morgan fingerprint density at radius 1 is 0.783 bits per heavy atom. The van der Waals surface area contributed by atoms with Crippen molar-refractivity contribution < 1.29 is 36.6 Å². The SMILES string of the molecule is Cc1cccnc1OCC(F)(F)C(=O)N[C@@H]1CCN(C)C[C@H]1C.Cc1cccnc1OCC(F)(F)C(=O)N[C@H]1CCN(C)C[C@@H]1C. The van der Waals surface area contributed by atoms with Gasteiger partial charge in [-0.2, -0.15) is 17.6 Å². The Hall–Kier alpha value is -3.52. The van der Waals surface area contributed by atoms with E-state index >= 15 is 0 Å². The zero-order valence-corrected chi connectivity index (χ0v) is 27.4. The number of piperidine rings is 2. The summed E-state index contributed by atoms with van der Waals surface area (Å²) in [5, 5.41) is 4.93. The van der Waals surface area contributed by atoms with Crippen LogP contribution in [0.5, 0.6) is 11.8 Å². The third kappa shape index (κ3) is 10.8. The Morgan fingerprint density at radius 3 is 1.48 bits per heavy atom. The molecule has 0 aliphatic carbocycles. The second-order valence-electron chi connectivity index (χ2n) is 12.5. The molecular weight excluding hydrogens is 608 g/mol. The van der Waals surface area contributed by atoms with E-state index in [1.807, 2.05) is 27.9 Å². The van der Waals surface area contributed by atoms with Crippen molar-refractivity contribution in [2.75, 3.05) is 53.5 Å². The van der Waals surface area contributed by atoms with Crippen molar-refractivity contribution in [2.24, 2.45) is 11.8 Å². The van der Waals surface area contributed by atoms with Crippen LogP contribution in [0.4, 0.5) is 17.6 Å². The topological polar surface area (TPSA) is 109 Å². The van der Waals surface area contributed by atoms with Crippen LogP contribution in [0.2, 0.25) is 0 Å². The second kappa shape index (κ2) is 16.3. The molecule has 2 aliphatic heterocycles. The van der Waals surface area contributed by atoms with Crippen LogP contribution < -0.4 is 20.1 Å². The lowest BCUT2D eigenvalue weighted by molar-refractivity contribution is -0.151. The highest BCUT2D eigenvalue weighted by molar-refractivity contribution is 5.84. The van der Waals surface area contributed by atoms with Gasteiger partial charge in [-0.05, 0) is 77.8 Å². The standard InChI is InChI=1S/2C16H23F2N3O2/c2*1-11-5-4-7-19-14(11)23-10-16(17,18)15(22)20-13-6-8-21(3)9-12(13)2/h2*4-5,7,12-13H,6,8-10H2,1-3H3,(H,20,22)/t2*12-,13-/m10/s1. The lowest BCUT2D eigenvalue weighted by atomic mass is 9.94. The van der Waals surface area contributed by atoms with E-state index in [4.69, 9.17) is 9.47 Å². The monoisotopic (exact) mass is 654 g/mol. The molecule has 46 heavy (non-hydrogen) atoms. The van der Waals surface area contributed by atoms with Gasteiger partial charge in [-0.1, -0.05) is 26.0 Å². The van der Waals surface area contributed by atoms with Gasteiger partial charge < -0.3 is 29.9 Å². The smallest absolute Gasteiger partial charge is 0.357 e. The third-order valence-corrected chi connectivity index (χ3v) is 8.22. The molecule has 256 valence electrons. The molecule has 14 heteroatoms. The molecule has 0 saturated carbocycles. The minimum absolute atomic E-state index is 0.118. The summed E-state index contributed by atoms with van der Waals surface area (Å²) in [6.45, 7) is 8.41. The number of likely N-dealkylation sites (tertiary alicyclic amines) is 2. The van der Waals surface area contributed by atoms with E-state index in [9.17, 15) is 27.2 Å². The molecular formula is C32H46F4N6O4. The largest absolute Gasteiger partial charge is 0.470 e. The van der Waals surface area contributed by atoms with Gasteiger partial charge in [0.15, 0.2) is 13.2 Å². The van der Waals surface area contributed by atoms with Crippen molar-refractivity contribution in [3.63, 3.8) is 0 Å². The summed E-state index contributed by atoms with van der Waals surface area (Å²) >= 11 is 0. The number of ether oxygens (including phenoxy) is 2. The van der Waals surface area contributed by atoms with Crippen LogP contribution in [0.1, 0.15) is 37.8 Å². The van der Waals surface area contributed by atoms with E-state index in [0.717, 1.165) is 26.2 Å². The number of pyridine rings is 2. The molecule has 2 aliphatic rings. The maximum Gasteiger partial charge on any atom is 0.357 e. The maximum absolute atomic E-state index is 14.0. The molecule has 2 saturated heterocycles. The number of amides is 2. The van der Waals surface area contributed by atoms with Gasteiger partial charge in [-0.3, -0.25) is 9.59 Å². The second-order valence-corrected chi connectivity index (χ2v) is 12.5. The Bertz CT molecular complexity index is 1210. The Balaban J connectivity index is 0.000000250. The quantitative estimate of drug-likeness (QED) is 0.374. The van der Waals surface area contributed by atoms with E-state index < -0.39 is 36.9 Å². The molecule has 4 rings (SSSR count). The molecule has 0 radical (unpaired) electrons. The number of aromatic nitrogens is 2. The highest BCUT2D eigenvalue weighted by Gasteiger charge is 2.43. The first-order chi connectivity index (χ1) is 21.6. The predicted octanol–water partition coefficient (Wildman–Crippen LogP) is 3.72. The lowest BCUT2D eigenvalue weighted by Crippen LogP contribution is -2.54. The molecule has 2 aromatic rings. The van der Waals surface area contributed by atoms with Gasteiger partial charge in [0.1, 0.15) is 0 Å². The van der Waals surface area contributed by atoms with Gasteiger partial charge in [0.05, 0.1) is 0 Å². The van der Waals surface area contributed by atoms with E-state index in [-0.39, 0.29) is 35.7 Å². The first kappa shape index (κ1) is 36.9. The molecule has 0 spiro atoms. The van der Waals surface area contributed by atoms with Gasteiger partial charge in [0, 0.05) is 48.7 Å². The highest BCUT2D eigenvalue weighted by atomic mass is 19.3. The van der Waals surface area contributed by atoms with Crippen molar-refractivity contribution in [3.05, 3.63) is 47.8 Å². The Morgan fingerprint density at radius 2 is 1.15 bits per heavy atom. The van der Waals surface area contributed by atoms with Crippen molar-refractivity contribution in [3.8, 4) is 11.8 Å². The van der Waals surface area contributed by atoms with Crippen molar-refractivity contribution in [2.45, 2.75) is 64.5 Å². The number of nitrogens with one attached hydrogen (secondary N) is 2. The molecule has 4 atom stereocenters. The number of rotatable bonds is 10. The molecule has 2 amide bonds. The van der Waals surface area contributed by atoms with Gasteiger partial charge in [-0.25, -0.2) is 9.97 Å². The Kier molecular flexibility index (Phi) is 13.1. The van der Waals surface area contributed by atoms with Crippen LogP contribution in [0.25, 0.3) is 0 Å². The number of nitrogens with zero attached hydrogens (tertiary/aromatic N) is 4. The first-order valence-corrected chi connectivity index (χ1v) is 15.4. The molecule has 2 N–H and O–H groups in total. The minimum Gasteiger partial charge on any atom is -0.470 e. The zero-order valence-electron chi connectivity index (χ0n) is 27.4. The molecule has 2 fully saturated rings. The van der Waals surface area contributed by atoms with E-state index in [1.165, 1.54) is 12.4 Å². The summed E-state index contributed by atoms with van der Waals surface area (Å²) in [6, 6.07) is 6.33. The van der Waals surface area contributed by atoms with E-state index in [1.54, 1.807) is 38.1 Å². The van der Waals surface area contributed by atoms with Gasteiger partial charge >= 0.3 is 11.8 Å². The van der Waals surface area contributed by atoms with E-state index in [0.29, 0.717) is 24.0 Å². The van der Waals surface area contributed by atoms with E-state index in [2.05, 4.69) is 30.4 Å². The summed E-state index contributed by atoms with van der Waals surface area (Å²) in [4.78, 5) is 35.8. The number of carbonyl (C=O) groups excluding carboxylic acids is 2. The number of carbonyl (C=O) groups is 2. The predicted molar refractivity (Wildman–Crippen MR) is 165 cm³/mol. The van der Waals surface area contributed by atoms with Crippen LogP contribution >= 0.6 is 0 Å². The summed E-state index contributed by atoms with van der Waals surface area (Å²) in [6.07, 6.45) is 4.25. The summed E-state index contributed by atoms with van der Waals surface area (Å²) in [7, 11) is 3.96. The number of aryl methyl sites for hydroxylation is 2. The summed E-state index contributed by atoms with van der Waals surface area (Å²) in [5.74, 6) is -9.25. The molecule has 10 nitrogen and oxygen atoms in total. The fourth-order valence-electron chi connectivity index (χ4n) is 5.38. The lowest BCUT2D eigenvalue weighted by Gasteiger charge is -2.35. The van der Waals surface area contributed by atoms with Crippen molar-refractivity contribution in [1.82, 2.24) is 30.4 Å². The number of hydrogen-bond acceptors (Lipinski definition) is 8. The van der Waals surface area contributed by atoms with Gasteiger partial charge in [0.25, 0.3) is 11.8 Å². The number of alkyl halides is 4. The van der Waals surface area contributed by atoms with Gasteiger partial charge in [0.2, 0.25) is 11.8 Å². The molecule has 2 aromatic heterocycles. The minimum atomic E-state index is -3.59. The normalized spacial score (nSPS) is 22.7. The third-order valence-electron chi connectivity index (χ3n) is 8.22. The fourth-order valence-corrected chi connectivity index (χ4v) is 5.38. The number of hydrogen-bond donors (Lipinski definition) is 2. The highest BCUT2D eigenvalue weighted by Crippen LogP contribution is 2.23. The fraction of sp³-hybridized carbons (Fsp3) is 0.625. The molecule has 0 aromatic carbocycles. The summed E-state index contributed by atoms with van der Waals surface area (Å²) < 4.78 is 66.1. The number of halogens is 4. The molecule has 0 bridgehead atoms. The van der Waals surface area contributed by atoms with Crippen LogP contribution in [-0.2, 0) is 9.59 Å². The molecule has 0 unspecified atom stereocenters. The van der Waals surface area contributed by atoms with Crippen molar-refractivity contribution in [1.29, 1.82) is 0 Å². The van der Waals surface area contributed by atoms with Gasteiger partial charge in [-0.15, -0.1) is 0 Å². The molecule has 4 heterocycles. The average Bonchev–Trinajstić information content (AvgIpc) is 2.99. The van der Waals surface area contributed by atoms with Crippen LogP contribution in [0, 0.1) is 25.7 Å². The zero-order chi connectivity index (χ0) is 34.1. The van der Waals surface area contributed by atoms with Crippen molar-refractivity contribution >= 4 is 11.8 Å². The maximum atomic E-state index is 14.0. The average molecular weight is 655 g/mol. The summed E-state index contributed by atoms with van der Waals surface area (Å²) in [5.41, 5.74) is 1.29. The van der Waals surface area contributed by atoms with Crippen LogP contribution in [0.15, 0.2) is 36.7 Å².